The van der Waals surface area contributed by atoms with E-state index in [9.17, 15) is 4.39 Å². The maximum atomic E-state index is 13.9. The molecule has 0 aromatic heterocycles. The van der Waals surface area contributed by atoms with Gasteiger partial charge in [-0.2, -0.15) is 0 Å². The summed E-state index contributed by atoms with van der Waals surface area (Å²) in [7, 11) is 0. The lowest BCUT2D eigenvalue weighted by molar-refractivity contribution is 0.631. The third-order valence-electron chi connectivity index (χ3n) is 3.45. The zero-order valence-corrected chi connectivity index (χ0v) is 12.3. The highest BCUT2D eigenvalue weighted by atomic mass is 35.5. The van der Waals surface area contributed by atoms with Gasteiger partial charge in [-0.05, 0) is 48.2 Å². The Morgan fingerprint density at radius 2 is 1.90 bits per heavy atom. The number of rotatable bonds is 4. The first kappa shape index (κ1) is 13.9. The summed E-state index contributed by atoms with van der Waals surface area (Å²) in [6.07, 6.45) is 2.48. The predicted octanol–water partition coefficient (Wildman–Crippen LogP) is 5.05. The van der Waals surface area contributed by atoms with Gasteiger partial charge < -0.3 is 5.32 Å². The third kappa shape index (κ3) is 3.14. The summed E-state index contributed by atoms with van der Waals surface area (Å²) in [5, 5.41) is 4.46. The van der Waals surface area contributed by atoms with Crippen molar-refractivity contribution in [2.45, 2.75) is 25.4 Å². The molecule has 0 spiro atoms. The summed E-state index contributed by atoms with van der Waals surface area (Å²) in [6.45, 7) is 0.757. The molecule has 2 aromatic carbocycles. The van der Waals surface area contributed by atoms with Gasteiger partial charge in [0, 0.05) is 28.2 Å². The molecular weight excluding hydrogens is 296 g/mol. The Kier molecular flexibility index (Phi) is 3.97. The van der Waals surface area contributed by atoms with Gasteiger partial charge in [0.25, 0.3) is 0 Å². The smallest absolute Gasteiger partial charge is 0.132 e. The fourth-order valence-corrected chi connectivity index (χ4v) is 2.53. The molecule has 0 atom stereocenters. The van der Waals surface area contributed by atoms with Crippen LogP contribution in [0.15, 0.2) is 36.4 Å². The molecule has 0 heterocycles. The summed E-state index contributed by atoms with van der Waals surface area (Å²) in [4.78, 5) is 0. The van der Waals surface area contributed by atoms with E-state index in [2.05, 4.69) is 5.32 Å². The molecule has 4 heteroatoms. The lowest BCUT2D eigenvalue weighted by atomic mass is 10.0. The molecule has 0 amide bonds. The van der Waals surface area contributed by atoms with Crippen LogP contribution < -0.4 is 5.32 Å². The topological polar surface area (TPSA) is 12.0 Å². The molecule has 3 rings (SSSR count). The van der Waals surface area contributed by atoms with Crippen molar-refractivity contribution in [2.75, 3.05) is 0 Å². The van der Waals surface area contributed by atoms with Crippen LogP contribution in [0.25, 0.3) is 11.1 Å². The van der Waals surface area contributed by atoms with E-state index in [1.54, 1.807) is 18.2 Å². The number of halogens is 3. The van der Waals surface area contributed by atoms with Crippen LogP contribution in [0.5, 0.6) is 0 Å². The van der Waals surface area contributed by atoms with Crippen molar-refractivity contribution in [2.24, 2.45) is 0 Å². The zero-order chi connectivity index (χ0) is 14.1. The van der Waals surface area contributed by atoms with Gasteiger partial charge in [0.05, 0.1) is 0 Å². The van der Waals surface area contributed by atoms with Crippen molar-refractivity contribution in [3.8, 4) is 11.1 Å². The first-order valence-electron chi connectivity index (χ1n) is 6.61. The lowest BCUT2D eigenvalue weighted by Crippen LogP contribution is -2.15. The fourth-order valence-electron chi connectivity index (χ4n) is 2.12. The van der Waals surface area contributed by atoms with Crippen molar-refractivity contribution < 1.29 is 4.39 Å². The molecule has 2 aromatic rings. The maximum Gasteiger partial charge on any atom is 0.132 e. The lowest BCUT2D eigenvalue weighted by Gasteiger charge is -2.09. The van der Waals surface area contributed by atoms with Gasteiger partial charge >= 0.3 is 0 Å². The van der Waals surface area contributed by atoms with Crippen LogP contribution in [0.4, 0.5) is 4.39 Å². The van der Waals surface area contributed by atoms with Gasteiger partial charge in [0.15, 0.2) is 0 Å². The fraction of sp³-hybridized carbons (Fsp3) is 0.250. The van der Waals surface area contributed by atoms with Crippen LogP contribution in [0.2, 0.25) is 10.0 Å². The molecule has 20 heavy (non-hydrogen) atoms. The standard InChI is InChI=1S/C16H14Cl2FN/c17-12-3-6-14(16(19)8-12)10-1-2-11(15(18)7-10)9-20-13-4-5-13/h1-3,6-8,13,20H,4-5,9H2. The second kappa shape index (κ2) is 5.72. The average molecular weight is 310 g/mol. The van der Waals surface area contributed by atoms with E-state index < -0.39 is 0 Å². The van der Waals surface area contributed by atoms with E-state index in [4.69, 9.17) is 23.2 Å². The molecular formula is C16H14Cl2FN. The van der Waals surface area contributed by atoms with E-state index in [0.29, 0.717) is 21.7 Å². The van der Waals surface area contributed by atoms with Gasteiger partial charge in [-0.25, -0.2) is 4.39 Å². The average Bonchev–Trinajstić information content (AvgIpc) is 3.21. The number of hydrogen-bond donors (Lipinski definition) is 1. The Balaban J connectivity index is 1.84. The molecule has 0 saturated heterocycles. The van der Waals surface area contributed by atoms with E-state index in [-0.39, 0.29) is 5.82 Å². The Morgan fingerprint density at radius 3 is 2.55 bits per heavy atom. The summed E-state index contributed by atoms with van der Waals surface area (Å²) in [6, 6.07) is 10.9. The number of benzene rings is 2. The molecule has 1 saturated carbocycles. The molecule has 0 aliphatic heterocycles. The summed E-state index contributed by atoms with van der Waals surface area (Å²) >= 11 is 12.0. The quantitative estimate of drug-likeness (QED) is 0.833. The molecule has 1 fully saturated rings. The van der Waals surface area contributed by atoms with Crippen LogP contribution in [-0.4, -0.2) is 6.04 Å². The zero-order valence-electron chi connectivity index (χ0n) is 10.8. The largest absolute Gasteiger partial charge is 0.310 e. The molecule has 1 aliphatic carbocycles. The van der Waals surface area contributed by atoms with Crippen LogP contribution >= 0.6 is 23.2 Å². The maximum absolute atomic E-state index is 13.9. The summed E-state index contributed by atoms with van der Waals surface area (Å²) < 4.78 is 13.9. The van der Waals surface area contributed by atoms with Crippen molar-refractivity contribution in [3.05, 3.63) is 57.8 Å². The first-order chi connectivity index (χ1) is 9.63. The van der Waals surface area contributed by atoms with Gasteiger partial charge in [-0.3, -0.25) is 0 Å². The Labute approximate surface area is 127 Å². The van der Waals surface area contributed by atoms with E-state index in [1.807, 2.05) is 12.1 Å². The normalized spacial score (nSPS) is 14.6. The molecule has 1 aliphatic rings. The minimum Gasteiger partial charge on any atom is -0.310 e. The molecule has 0 bridgehead atoms. The highest BCUT2D eigenvalue weighted by Crippen LogP contribution is 2.29. The van der Waals surface area contributed by atoms with Crippen molar-refractivity contribution in [1.29, 1.82) is 0 Å². The van der Waals surface area contributed by atoms with Crippen molar-refractivity contribution >= 4 is 23.2 Å². The highest BCUT2D eigenvalue weighted by molar-refractivity contribution is 6.31. The minimum absolute atomic E-state index is 0.336. The van der Waals surface area contributed by atoms with Crippen LogP contribution in [0.3, 0.4) is 0 Å². The Morgan fingerprint density at radius 1 is 1.10 bits per heavy atom. The molecule has 1 N–H and O–H groups in total. The number of nitrogens with one attached hydrogen (secondary N) is 1. The third-order valence-corrected chi connectivity index (χ3v) is 4.04. The summed E-state index contributed by atoms with van der Waals surface area (Å²) in [5.74, 6) is -0.336. The monoisotopic (exact) mass is 309 g/mol. The summed E-state index contributed by atoms with van der Waals surface area (Å²) in [5.41, 5.74) is 2.31. The predicted molar refractivity (Wildman–Crippen MR) is 81.7 cm³/mol. The van der Waals surface area contributed by atoms with Gasteiger partial charge in [0.1, 0.15) is 5.82 Å². The van der Waals surface area contributed by atoms with Gasteiger partial charge in [0.2, 0.25) is 0 Å². The molecule has 0 unspecified atom stereocenters. The van der Waals surface area contributed by atoms with Crippen molar-refractivity contribution in [3.63, 3.8) is 0 Å². The second-order valence-corrected chi connectivity index (χ2v) is 5.93. The van der Waals surface area contributed by atoms with E-state index in [0.717, 1.165) is 17.7 Å². The van der Waals surface area contributed by atoms with E-state index in [1.165, 1.54) is 18.9 Å². The van der Waals surface area contributed by atoms with Crippen molar-refractivity contribution in [1.82, 2.24) is 5.32 Å². The van der Waals surface area contributed by atoms with Crippen LogP contribution in [-0.2, 0) is 6.54 Å². The second-order valence-electron chi connectivity index (χ2n) is 5.09. The first-order valence-corrected chi connectivity index (χ1v) is 7.36. The van der Waals surface area contributed by atoms with E-state index >= 15 is 0 Å². The van der Waals surface area contributed by atoms with Crippen LogP contribution in [0, 0.1) is 5.82 Å². The van der Waals surface area contributed by atoms with Gasteiger partial charge in [-0.1, -0.05) is 35.3 Å². The van der Waals surface area contributed by atoms with Crippen LogP contribution in [0.1, 0.15) is 18.4 Å². The SMILES string of the molecule is Fc1cc(Cl)ccc1-c1ccc(CNC2CC2)c(Cl)c1. The molecule has 1 nitrogen and oxygen atoms in total. The Bertz CT molecular complexity index is 638. The number of hydrogen-bond acceptors (Lipinski definition) is 1. The molecule has 104 valence electrons. The highest BCUT2D eigenvalue weighted by Gasteiger charge is 2.20. The van der Waals surface area contributed by atoms with Gasteiger partial charge in [-0.15, -0.1) is 0 Å². The molecule has 0 radical (unpaired) electrons. The minimum atomic E-state index is -0.336. The Hall–Kier alpha value is -1.09.